The van der Waals surface area contributed by atoms with Crippen LogP contribution in [-0.4, -0.2) is 14.8 Å². The van der Waals surface area contributed by atoms with Gasteiger partial charge in [-0.25, -0.2) is 4.98 Å². The lowest BCUT2D eigenvalue weighted by atomic mass is 10.2. The Morgan fingerprint density at radius 1 is 1.17 bits per heavy atom. The molecule has 0 bridgehead atoms. The van der Waals surface area contributed by atoms with E-state index in [0.717, 1.165) is 26.4 Å². The quantitative estimate of drug-likeness (QED) is 0.715. The van der Waals surface area contributed by atoms with Gasteiger partial charge in [-0.3, -0.25) is 4.68 Å². The number of hydrogen-bond acceptors (Lipinski definition) is 3. The number of aryl methyl sites for hydroxylation is 1. The van der Waals surface area contributed by atoms with Crippen molar-refractivity contribution in [2.75, 3.05) is 0 Å². The first-order valence-electron chi connectivity index (χ1n) is 5.44. The Bertz CT molecular complexity index is 670. The summed E-state index contributed by atoms with van der Waals surface area (Å²) in [6.45, 7) is 0. The van der Waals surface area contributed by atoms with Crippen molar-refractivity contribution in [1.82, 2.24) is 14.8 Å². The molecule has 1 aromatic carbocycles. The van der Waals surface area contributed by atoms with E-state index in [1.807, 2.05) is 29.9 Å². The third-order valence-corrected chi connectivity index (χ3v) is 4.10. The van der Waals surface area contributed by atoms with Gasteiger partial charge in [-0.15, -0.1) is 11.3 Å². The van der Waals surface area contributed by atoms with E-state index in [9.17, 15) is 0 Å². The Balaban J connectivity index is 1.99. The Kier molecular flexibility index (Phi) is 3.01. The zero-order valence-corrected chi connectivity index (χ0v) is 12.1. The molecule has 0 fully saturated rings. The minimum atomic E-state index is 0.970. The molecule has 18 heavy (non-hydrogen) atoms. The monoisotopic (exact) mass is 319 g/mol. The van der Waals surface area contributed by atoms with Crippen molar-refractivity contribution in [3.8, 4) is 22.0 Å². The van der Waals surface area contributed by atoms with Crippen molar-refractivity contribution in [2.24, 2.45) is 7.05 Å². The Labute approximate surface area is 117 Å². The van der Waals surface area contributed by atoms with Gasteiger partial charge < -0.3 is 0 Å². The van der Waals surface area contributed by atoms with E-state index in [-0.39, 0.29) is 0 Å². The van der Waals surface area contributed by atoms with E-state index in [4.69, 9.17) is 0 Å². The highest BCUT2D eigenvalue weighted by Crippen LogP contribution is 2.29. The molecule has 3 aromatic rings. The van der Waals surface area contributed by atoms with Gasteiger partial charge in [-0.05, 0) is 18.2 Å². The molecule has 0 saturated heterocycles. The van der Waals surface area contributed by atoms with Crippen LogP contribution in [0.1, 0.15) is 0 Å². The predicted octanol–water partition coefficient (Wildman–Crippen LogP) is 3.97. The lowest BCUT2D eigenvalue weighted by molar-refractivity contribution is 0.774. The van der Waals surface area contributed by atoms with Crippen LogP contribution in [0.4, 0.5) is 0 Å². The summed E-state index contributed by atoms with van der Waals surface area (Å²) in [5, 5.41) is 7.25. The minimum absolute atomic E-state index is 0.970. The molecule has 0 saturated carbocycles. The van der Waals surface area contributed by atoms with E-state index < -0.39 is 0 Å². The predicted molar refractivity (Wildman–Crippen MR) is 77.5 cm³/mol. The summed E-state index contributed by atoms with van der Waals surface area (Å²) in [5.41, 5.74) is 3.14. The topological polar surface area (TPSA) is 30.7 Å². The molecule has 0 amide bonds. The molecule has 5 heteroatoms. The summed E-state index contributed by atoms with van der Waals surface area (Å²) in [4.78, 5) is 4.66. The average molecular weight is 320 g/mol. The van der Waals surface area contributed by atoms with Crippen molar-refractivity contribution in [3.63, 3.8) is 0 Å². The van der Waals surface area contributed by atoms with Gasteiger partial charge in [-0.2, -0.15) is 5.10 Å². The van der Waals surface area contributed by atoms with Crippen LogP contribution in [0.25, 0.3) is 22.0 Å². The largest absolute Gasteiger partial charge is 0.266 e. The van der Waals surface area contributed by atoms with Crippen molar-refractivity contribution < 1.29 is 0 Å². The second-order valence-electron chi connectivity index (χ2n) is 3.88. The van der Waals surface area contributed by atoms with Gasteiger partial charge in [-0.1, -0.05) is 28.1 Å². The molecule has 3 rings (SSSR count). The second kappa shape index (κ2) is 4.66. The van der Waals surface area contributed by atoms with Crippen molar-refractivity contribution >= 4 is 27.3 Å². The summed E-state index contributed by atoms with van der Waals surface area (Å²) in [6.07, 6.45) is 1.79. The van der Waals surface area contributed by atoms with Crippen LogP contribution in [0.15, 0.2) is 46.4 Å². The van der Waals surface area contributed by atoms with E-state index in [1.165, 1.54) is 0 Å². The molecule has 0 aliphatic rings. The lowest BCUT2D eigenvalue weighted by Gasteiger charge is -1.97. The smallest absolute Gasteiger partial charge is 0.124 e. The molecule has 2 heterocycles. The zero-order chi connectivity index (χ0) is 12.5. The fourth-order valence-electron chi connectivity index (χ4n) is 1.74. The van der Waals surface area contributed by atoms with Gasteiger partial charge in [0.25, 0.3) is 0 Å². The highest BCUT2D eigenvalue weighted by Gasteiger charge is 2.09. The number of halogens is 1. The fourth-order valence-corrected chi connectivity index (χ4v) is 2.83. The fraction of sp³-hybridized carbons (Fsp3) is 0.0769. The molecule has 0 aliphatic heterocycles. The van der Waals surface area contributed by atoms with Crippen LogP contribution in [-0.2, 0) is 7.05 Å². The number of nitrogens with zero attached hydrogens (tertiary/aromatic N) is 3. The second-order valence-corrected chi connectivity index (χ2v) is 5.66. The summed E-state index contributed by atoms with van der Waals surface area (Å²) in [7, 11) is 1.92. The average Bonchev–Trinajstić information content (AvgIpc) is 2.98. The van der Waals surface area contributed by atoms with Gasteiger partial charge in [0, 0.05) is 28.7 Å². The standard InChI is InChI=1S/C13H10BrN3S/c1-17-12(6-7-15-17)11-8-18-13(16-11)9-2-4-10(14)5-3-9/h2-8H,1H3. The third-order valence-electron chi connectivity index (χ3n) is 2.68. The van der Waals surface area contributed by atoms with Crippen LogP contribution in [0.5, 0.6) is 0 Å². The maximum atomic E-state index is 4.66. The summed E-state index contributed by atoms with van der Waals surface area (Å²) in [5.74, 6) is 0. The minimum Gasteiger partial charge on any atom is -0.266 e. The molecule has 0 aliphatic carbocycles. The highest BCUT2D eigenvalue weighted by molar-refractivity contribution is 9.10. The normalized spacial score (nSPS) is 10.8. The first-order chi connectivity index (χ1) is 8.74. The van der Waals surface area contributed by atoms with Crippen LogP contribution in [0.2, 0.25) is 0 Å². The number of aromatic nitrogens is 3. The number of thiazole rings is 1. The lowest BCUT2D eigenvalue weighted by Crippen LogP contribution is -1.93. The number of rotatable bonds is 2. The molecular formula is C13H10BrN3S. The van der Waals surface area contributed by atoms with Gasteiger partial charge in [0.2, 0.25) is 0 Å². The van der Waals surface area contributed by atoms with Gasteiger partial charge >= 0.3 is 0 Å². The molecule has 0 N–H and O–H groups in total. The van der Waals surface area contributed by atoms with Crippen LogP contribution >= 0.6 is 27.3 Å². The first-order valence-corrected chi connectivity index (χ1v) is 7.11. The van der Waals surface area contributed by atoms with Crippen LogP contribution in [0.3, 0.4) is 0 Å². The van der Waals surface area contributed by atoms with Crippen molar-refractivity contribution in [1.29, 1.82) is 0 Å². The molecular weight excluding hydrogens is 310 g/mol. The van der Waals surface area contributed by atoms with Crippen LogP contribution in [0, 0.1) is 0 Å². The highest BCUT2D eigenvalue weighted by atomic mass is 79.9. The summed E-state index contributed by atoms with van der Waals surface area (Å²) >= 11 is 5.08. The molecule has 3 nitrogen and oxygen atoms in total. The summed E-state index contributed by atoms with van der Waals surface area (Å²) in [6, 6.07) is 10.2. The Morgan fingerprint density at radius 2 is 1.94 bits per heavy atom. The number of benzene rings is 1. The molecule has 2 aromatic heterocycles. The third kappa shape index (κ3) is 2.11. The Hall–Kier alpha value is -1.46. The van der Waals surface area contributed by atoms with Gasteiger partial charge in [0.05, 0.1) is 11.4 Å². The zero-order valence-electron chi connectivity index (χ0n) is 9.67. The van der Waals surface area contributed by atoms with Crippen molar-refractivity contribution in [3.05, 3.63) is 46.4 Å². The van der Waals surface area contributed by atoms with Crippen molar-refractivity contribution in [2.45, 2.75) is 0 Å². The molecule has 90 valence electrons. The van der Waals surface area contributed by atoms with Crippen LogP contribution < -0.4 is 0 Å². The van der Waals surface area contributed by atoms with E-state index in [1.54, 1.807) is 17.5 Å². The SMILES string of the molecule is Cn1nccc1-c1csc(-c2ccc(Br)cc2)n1. The van der Waals surface area contributed by atoms with E-state index >= 15 is 0 Å². The van der Waals surface area contributed by atoms with E-state index in [0.29, 0.717) is 0 Å². The van der Waals surface area contributed by atoms with Gasteiger partial charge in [0.15, 0.2) is 0 Å². The molecule has 0 atom stereocenters. The van der Waals surface area contributed by atoms with E-state index in [2.05, 4.69) is 43.5 Å². The molecule has 0 unspecified atom stereocenters. The van der Waals surface area contributed by atoms with Gasteiger partial charge in [0.1, 0.15) is 5.01 Å². The maximum Gasteiger partial charge on any atom is 0.124 e. The molecule has 0 radical (unpaired) electrons. The Morgan fingerprint density at radius 3 is 2.61 bits per heavy atom. The number of hydrogen-bond donors (Lipinski definition) is 0. The summed E-state index contributed by atoms with van der Waals surface area (Å²) < 4.78 is 2.91. The molecule has 0 spiro atoms. The first kappa shape index (κ1) is 11.6. The maximum absolute atomic E-state index is 4.66.